The average Bonchev–Trinajstić information content (AvgIpc) is 2.39. The van der Waals surface area contributed by atoms with Crippen molar-refractivity contribution in [3.8, 4) is 0 Å². The fourth-order valence-corrected chi connectivity index (χ4v) is 1.95. The molecule has 3 nitrogen and oxygen atoms in total. The number of anilines is 1. The van der Waals surface area contributed by atoms with Crippen LogP contribution in [0.1, 0.15) is 18.5 Å². The molecule has 19 heavy (non-hydrogen) atoms. The molecular formula is C15H15ClN2O. The SMILES string of the molecule is C[C@H](NC(=O)Nc1cccc(Cl)c1)c1ccccc1. The number of amides is 2. The molecule has 98 valence electrons. The topological polar surface area (TPSA) is 41.1 Å². The predicted molar refractivity (Wildman–Crippen MR) is 78.5 cm³/mol. The molecule has 0 unspecified atom stereocenters. The van der Waals surface area contributed by atoms with E-state index in [-0.39, 0.29) is 12.1 Å². The highest BCUT2D eigenvalue weighted by Gasteiger charge is 2.08. The van der Waals surface area contributed by atoms with E-state index in [1.165, 1.54) is 0 Å². The smallest absolute Gasteiger partial charge is 0.319 e. The highest BCUT2D eigenvalue weighted by molar-refractivity contribution is 6.30. The van der Waals surface area contributed by atoms with Crippen molar-refractivity contribution in [3.63, 3.8) is 0 Å². The molecule has 2 N–H and O–H groups in total. The van der Waals surface area contributed by atoms with Crippen LogP contribution < -0.4 is 10.6 Å². The summed E-state index contributed by atoms with van der Waals surface area (Å²) in [6.07, 6.45) is 0. The molecule has 0 fully saturated rings. The monoisotopic (exact) mass is 274 g/mol. The van der Waals surface area contributed by atoms with Gasteiger partial charge in [0.15, 0.2) is 0 Å². The highest BCUT2D eigenvalue weighted by atomic mass is 35.5. The Labute approximate surface area is 117 Å². The largest absolute Gasteiger partial charge is 0.331 e. The van der Waals surface area contributed by atoms with Crippen LogP contribution in [0.15, 0.2) is 54.6 Å². The minimum Gasteiger partial charge on any atom is -0.331 e. The van der Waals surface area contributed by atoms with Crippen LogP contribution in [0.5, 0.6) is 0 Å². The number of urea groups is 1. The summed E-state index contributed by atoms with van der Waals surface area (Å²) in [6.45, 7) is 1.94. The van der Waals surface area contributed by atoms with Gasteiger partial charge in [0.25, 0.3) is 0 Å². The van der Waals surface area contributed by atoms with Crippen LogP contribution >= 0.6 is 11.6 Å². The molecule has 0 aliphatic carbocycles. The van der Waals surface area contributed by atoms with Crippen LogP contribution in [0.4, 0.5) is 10.5 Å². The molecule has 2 aromatic rings. The number of halogens is 1. The second kappa shape index (κ2) is 6.25. The van der Waals surface area contributed by atoms with Crippen molar-refractivity contribution in [1.82, 2.24) is 5.32 Å². The standard InChI is InChI=1S/C15H15ClN2O/c1-11(12-6-3-2-4-7-12)17-15(19)18-14-9-5-8-13(16)10-14/h2-11H,1H3,(H2,17,18,19)/t11-/m0/s1. The molecule has 0 bridgehead atoms. The van der Waals surface area contributed by atoms with Gasteiger partial charge in [0.05, 0.1) is 6.04 Å². The normalized spacial score (nSPS) is 11.7. The van der Waals surface area contributed by atoms with Gasteiger partial charge in [0.1, 0.15) is 0 Å². The van der Waals surface area contributed by atoms with Gasteiger partial charge in [0.2, 0.25) is 0 Å². The van der Waals surface area contributed by atoms with Crippen molar-refractivity contribution in [1.29, 1.82) is 0 Å². The molecule has 0 radical (unpaired) electrons. The van der Waals surface area contributed by atoms with Crippen molar-refractivity contribution >= 4 is 23.3 Å². The van der Waals surface area contributed by atoms with Gasteiger partial charge in [0, 0.05) is 10.7 Å². The molecule has 0 spiro atoms. The maximum absolute atomic E-state index is 11.8. The number of hydrogen-bond donors (Lipinski definition) is 2. The fourth-order valence-electron chi connectivity index (χ4n) is 1.76. The second-order valence-corrected chi connectivity index (χ2v) is 4.68. The Morgan fingerprint density at radius 1 is 1.11 bits per heavy atom. The first-order chi connectivity index (χ1) is 9.15. The van der Waals surface area contributed by atoms with Crippen LogP contribution in [0.25, 0.3) is 0 Å². The lowest BCUT2D eigenvalue weighted by Gasteiger charge is -2.15. The Bertz CT molecular complexity index is 557. The molecule has 0 aliphatic heterocycles. The van der Waals surface area contributed by atoms with Crippen LogP contribution in [0, 0.1) is 0 Å². The van der Waals surface area contributed by atoms with Gasteiger partial charge in [-0.15, -0.1) is 0 Å². The molecular weight excluding hydrogens is 260 g/mol. The summed E-state index contributed by atoms with van der Waals surface area (Å²) < 4.78 is 0. The van der Waals surface area contributed by atoms with E-state index in [9.17, 15) is 4.79 Å². The zero-order chi connectivity index (χ0) is 13.7. The minimum absolute atomic E-state index is 0.0552. The maximum Gasteiger partial charge on any atom is 0.319 e. The van der Waals surface area contributed by atoms with Crippen LogP contribution in [0.2, 0.25) is 5.02 Å². The van der Waals surface area contributed by atoms with Crippen molar-refractivity contribution in [3.05, 3.63) is 65.2 Å². The third kappa shape index (κ3) is 4.00. The van der Waals surface area contributed by atoms with Crippen LogP contribution in [-0.2, 0) is 0 Å². The Balaban J connectivity index is 1.95. The van der Waals surface area contributed by atoms with Gasteiger partial charge in [-0.3, -0.25) is 0 Å². The van der Waals surface area contributed by atoms with Crippen molar-refractivity contribution < 1.29 is 4.79 Å². The third-order valence-corrected chi connectivity index (χ3v) is 2.96. The first-order valence-electron chi connectivity index (χ1n) is 6.03. The lowest BCUT2D eigenvalue weighted by Crippen LogP contribution is -2.31. The molecule has 1 atom stereocenters. The van der Waals surface area contributed by atoms with Crippen LogP contribution in [-0.4, -0.2) is 6.03 Å². The zero-order valence-electron chi connectivity index (χ0n) is 10.6. The predicted octanol–water partition coefficient (Wildman–Crippen LogP) is 4.22. The molecule has 2 aromatic carbocycles. The summed E-state index contributed by atoms with van der Waals surface area (Å²) in [5, 5.41) is 6.21. The molecule has 2 rings (SSSR count). The minimum atomic E-state index is -0.251. The number of nitrogens with one attached hydrogen (secondary N) is 2. The third-order valence-electron chi connectivity index (χ3n) is 2.73. The number of carbonyl (C=O) groups excluding carboxylic acids is 1. The van der Waals surface area contributed by atoms with Crippen molar-refractivity contribution in [2.24, 2.45) is 0 Å². The molecule has 0 heterocycles. The van der Waals surface area contributed by atoms with E-state index in [4.69, 9.17) is 11.6 Å². The summed E-state index contributed by atoms with van der Waals surface area (Å²) in [6, 6.07) is 16.5. The molecule has 2 amide bonds. The summed E-state index contributed by atoms with van der Waals surface area (Å²) in [5.41, 5.74) is 1.73. The first kappa shape index (κ1) is 13.4. The molecule has 4 heteroatoms. The van der Waals surface area contributed by atoms with E-state index in [1.54, 1.807) is 24.3 Å². The Hall–Kier alpha value is -2.00. The van der Waals surface area contributed by atoms with Crippen molar-refractivity contribution in [2.45, 2.75) is 13.0 Å². The fraction of sp³-hybridized carbons (Fsp3) is 0.133. The Morgan fingerprint density at radius 2 is 1.84 bits per heavy atom. The number of carbonyl (C=O) groups is 1. The van der Waals surface area contributed by atoms with Gasteiger partial charge in [-0.25, -0.2) is 4.79 Å². The molecule has 0 saturated heterocycles. The van der Waals surface area contributed by atoms with E-state index in [2.05, 4.69) is 10.6 Å². The number of benzene rings is 2. The van der Waals surface area contributed by atoms with E-state index in [1.807, 2.05) is 37.3 Å². The number of rotatable bonds is 3. The summed E-state index contributed by atoms with van der Waals surface area (Å²) in [7, 11) is 0. The maximum atomic E-state index is 11.8. The van der Waals surface area contributed by atoms with Gasteiger partial charge in [-0.2, -0.15) is 0 Å². The van der Waals surface area contributed by atoms with Gasteiger partial charge < -0.3 is 10.6 Å². The van der Waals surface area contributed by atoms with Gasteiger partial charge in [-0.05, 0) is 30.7 Å². The van der Waals surface area contributed by atoms with E-state index in [0.717, 1.165) is 5.56 Å². The zero-order valence-corrected chi connectivity index (χ0v) is 11.3. The van der Waals surface area contributed by atoms with Gasteiger partial charge >= 0.3 is 6.03 Å². The van der Waals surface area contributed by atoms with E-state index >= 15 is 0 Å². The van der Waals surface area contributed by atoms with E-state index < -0.39 is 0 Å². The first-order valence-corrected chi connectivity index (χ1v) is 6.41. The van der Waals surface area contributed by atoms with E-state index in [0.29, 0.717) is 10.7 Å². The lowest BCUT2D eigenvalue weighted by atomic mass is 10.1. The Morgan fingerprint density at radius 3 is 2.53 bits per heavy atom. The highest BCUT2D eigenvalue weighted by Crippen LogP contribution is 2.15. The molecule has 0 aliphatic rings. The summed E-state index contributed by atoms with van der Waals surface area (Å²) in [4.78, 5) is 11.8. The average molecular weight is 275 g/mol. The van der Waals surface area contributed by atoms with Gasteiger partial charge in [-0.1, -0.05) is 48.0 Å². The summed E-state index contributed by atoms with van der Waals surface area (Å²) >= 11 is 5.86. The van der Waals surface area contributed by atoms with Crippen molar-refractivity contribution in [2.75, 3.05) is 5.32 Å². The second-order valence-electron chi connectivity index (χ2n) is 4.24. The Kier molecular flexibility index (Phi) is 4.42. The summed E-state index contributed by atoms with van der Waals surface area (Å²) in [5.74, 6) is 0. The quantitative estimate of drug-likeness (QED) is 0.864. The molecule has 0 saturated carbocycles. The van der Waals surface area contributed by atoms with Crippen LogP contribution in [0.3, 0.4) is 0 Å². The number of hydrogen-bond acceptors (Lipinski definition) is 1. The lowest BCUT2D eigenvalue weighted by molar-refractivity contribution is 0.249. The molecule has 0 aromatic heterocycles.